The molecule has 1 atom stereocenters. The number of aryl methyl sites for hydroxylation is 1. The molecule has 1 unspecified atom stereocenters. The van der Waals surface area contributed by atoms with Gasteiger partial charge in [-0.15, -0.1) is 0 Å². The Morgan fingerprint density at radius 3 is 2.80 bits per heavy atom. The normalized spacial score (nSPS) is 12.8. The molecule has 0 aliphatic rings. The minimum atomic E-state index is -0.233. The molecule has 84 valence electrons. The topological polar surface area (TPSA) is 32.3 Å². The van der Waals surface area contributed by atoms with Gasteiger partial charge in [-0.25, -0.2) is 0 Å². The van der Waals surface area contributed by atoms with Crippen molar-refractivity contribution in [2.45, 2.75) is 32.9 Å². The summed E-state index contributed by atoms with van der Waals surface area (Å²) in [6.45, 7) is 5.52. The molecular weight excluding hydrogens is 210 g/mol. The van der Waals surface area contributed by atoms with Gasteiger partial charge in [0.15, 0.2) is 0 Å². The second-order valence-electron chi connectivity index (χ2n) is 3.89. The molecule has 1 aromatic carbocycles. The van der Waals surface area contributed by atoms with Gasteiger partial charge in [-0.1, -0.05) is 17.7 Å². The highest BCUT2D eigenvalue weighted by molar-refractivity contribution is 6.30. The molecule has 1 aromatic rings. The van der Waals surface area contributed by atoms with Gasteiger partial charge in [0.05, 0.1) is 6.10 Å². The molecule has 0 saturated carbocycles. The van der Waals surface area contributed by atoms with E-state index in [4.69, 9.17) is 16.7 Å². The van der Waals surface area contributed by atoms with E-state index in [0.717, 1.165) is 24.5 Å². The van der Waals surface area contributed by atoms with Crippen molar-refractivity contribution in [1.29, 1.82) is 0 Å². The van der Waals surface area contributed by atoms with Gasteiger partial charge in [0.1, 0.15) is 0 Å². The number of hydrogen-bond donors (Lipinski definition) is 2. The van der Waals surface area contributed by atoms with Gasteiger partial charge >= 0.3 is 0 Å². The second-order valence-corrected chi connectivity index (χ2v) is 4.32. The number of aliphatic hydroxyl groups excluding tert-OH is 1. The first-order valence-corrected chi connectivity index (χ1v) is 5.61. The Morgan fingerprint density at radius 2 is 2.20 bits per heavy atom. The Morgan fingerprint density at radius 1 is 1.47 bits per heavy atom. The lowest BCUT2D eigenvalue weighted by atomic mass is 10.1. The van der Waals surface area contributed by atoms with E-state index >= 15 is 0 Å². The first-order valence-electron chi connectivity index (χ1n) is 5.23. The fraction of sp³-hybridized carbons (Fsp3) is 0.500. The van der Waals surface area contributed by atoms with E-state index in [9.17, 15) is 0 Å². The molecule has 0 spiro atoms. The summed E-state index contributed by atoms with van der Waals surface area (Å²) < 4.78 is 0. The molecule has 2 nitrogen and oxygen atoms in total. The third kappa shape index (κ3) is 4.65. The van der Waals surface area contributed by atoms with Crippen molar-refractivity contribution in [1.82, 2.24) is 5.32 Å². The van der Waals surface area contributed by atoms with Crippen molar-refractivity contribution in [2.24, 2.45) is 0 Å². The van der Waals surface area contributed by atoms with Crippen LogP contribution in [0, 0.1) is 6.92 Å². The first-order chi connectivity index (χ1) is 7.09. The lowest BCUT2D eigenvalue weighted by Crippen LogP contribution is -2.19. The molecule has 0 aliphatic carbocycles. The summed E-state index contributed by atoms with van der Waals surface area (Å²) in [5.41, 5.74) is 2.46. The molecule has 3 heteroatoms. The summed E-state index contributed by atoms with van der Waals surface area (Å²) in [4.78, 5) is 0. The Hall–Kier alpha value is -0.570. The Kier molecular flexibility index (Phi) is 5.09. The number of nitrogens with one attached hydrogen (secondary N) is 1. The number of halogens is 1. The second kappa shape index (κ2) is 6.11. The van der Waals surface area contributed by atoms with Crippen LogP contribution in [0.5, 0.6) is 0 Å². The van der Waals surface area contributed by atoms with Crippen LogP contribution in [0.3, 0.4) is 0 Å². The number of hydrogen-bond acceptors (Lipinski definition) is 2. The van der Waals surface area contributed by atoms with Crippen molar-refractivity contribution >= 4 is 11.6 Å². The smallest absolute Gasteiger partial charge is 0.0524 e. The third-order valence-electron chi connectivity index (χ3n) is 2.36. The van der Waals surface area contributed by atoms with E-state index in [1.807, 2.05) is 18.2 Å². The van der Waals surface area contributed by atoms with Gasteiger partial charge in [0.25, 0.3) is 0 Å². The van der Waals surface area contributed by atoms with Crippen molar-refractivity contribution in [3.05, 3.63) is 34.3 Å². The molecule has 0 fully saturated rings. The Labute approximate surface area is 96.3 Å². The van der Waals surface area contributed by atoms with Gasteiger partial charge in [0.2, 0.25) is 0 Å². The van der Waals surface area contributed by atoms with E-state index in [-0.39, 0.29) is 6.10 Å². The van der Waals surface area contributed by atoms with Crippen LogP contribution < -0.4 is 5.32 Å². The van der Waals surface area contributed by atoms with Crippen LogP contribution in [0.2, 0.25) is 5.02 Å². The molecule has 1 rings (SSSR count). The maximum Gasteiger partial charge on any atom is 0.0524 e. The zero-order chi connectivity index (χ0) is 11.3. The minimum Gasteiger partial charge on any atom is -0.393 e. The SMILES string of the molecule is Cc1cc(Cl)ccc1CNCCC(C)O. The highest BCUT2D eigenvalue weighted by Gasteiger charge is 1.99. The van der Waals surface area contributed by atoms with Crippen LogP contribution in [0.15, 0.2) is 18.2 Å². The van der Waals surface area contributed by atoms with Crippen LogP contribution in [0.1, 0.15) is 24.5 Å². The molecule has 2 N–H and O–H groups in total. The summed E-state index contributed by atoms with van der Waals surface area (Å²) in [6, 6.07) is 5.90. The summed E-state index contributed by atoms with van der Waals surface area (Å²) in [7, 11) is 0. The van der Waals surface area contributed by atoms with Crippen molar-refractivity contribution < 1.29 is 5.11 Å². The fourth-order valence-corrected chi connectivity index (χ4v) is 1.62. The van der Waals surface area contributed by atoms with Crippen molar-refractivity contribution in [3.8, 4) is 0 Å². The highest BCUT2D eigenvalue weighted by Crippen LogP contribution is 2.14. The zero-order valence-electron chi connectivity index (χ0n) is 9.26. The largest absolute Gasteiger partial charge is 0.393 e. The summed E-state index contributed by atoms with van der Waals surface area (Å²) >= 11 is 5.87. The first kappa shape index (κ1) is 12.5. The van der Waals surface area contributed by atoms with E-state index in [0.29, 0.717) is 0 Å². The molecular formula is C12H18ClNO. The molecule has 0 amide bonds. The third-order valence-corrected chi connectivity index (χ3v) is 2.59. The molecule has 0 aliphatic heterocycles. The summed E-state index contributed by atoms with van der Waals surface area (Å²) in [5.74, 6) is 0. The zero-order valence-corrected chi connectivity index (χ0v) is 10.0. The highest BCUT2D eigenvalue weighted by atomic mass is 35.5. The predicted molar refractivity (Wildman–Crippen MR) is 64.2 cm³/mol. The summed E-state index contributed by atoms with van der Waals surface area (Å²) in [6.07, 6.45) is 0.552. The lowest BCUT2D eigenvalue weighted by molar-refractivity contribution is 0.183. The van der Waals surface area contributed by atoms with Crippen LogP contribution in [-0.2, 0) is 6.54 Å². The van der Waals surface area contributed by atoms with Crippen molar-refractivity contribution in [3.63, 3.8) is 0 Å². The molecule has 0 heterocycles. The predicted octanol–water partition coefficient (Wildman–Crippen LogP) is 2.51. The molecule has 0 saturated heterocycles. The average Bonchev–Trinajstić information content (AvgIpc) is 2.14. The van der Waals surface area contributed by atoms with Gasteiger partial charge < -0.3 is 10.4 Å². The van der Waals surface area contributed by atoms with Crippen molar-refractivity contribution in [2.75, 3.05) is 6.54 Å². The lowest BCUT2D eigenvalue weighted by Gasteiger charge is -2.09. The van der Waals surface area contributed by atoms with Gasteiger partial charge in [-0.3, -0.25) is 0 Å². The number of benzene rings is 1. The van der Waals surface area contributed by atoms with E-state index in [1.54, 1.807) is 6.92 Å². The fourth-order valence-electron chi connectivity index (χ4n) is 1.39. The molecule has 0 bridgehead atoms. The maximum absolute atomic E-state index is 9.08. The van der Waals surface area contributed by atoms with Crippen LogP contribution in [0.4, 0.5) is 0 Å². The van der Waals surface area contributed by atoms with E-state index < -0.39 is 0 Å². The Bertz CT molecular complexity index is 312. The molecule has 0 aromatic heterocycles. The van der Waals surface area contributed by atoms with Gasteiger partial charge in [-0.2, -0.15) is 0 Å². The minimum absolute atomic E-state index is 0.233. The molecule has 0 radical (unpaired) electrons. The number of aliphatic hydroxyl groups is 1. The van der Waals surface area contributed by atoms with Gasteiger partial charge in [-0.05, 0) is 50.1 Å². The molecule has 15 heavy (non-hydrogen) atoms. The van der Waals surface area contributed by atoms with Crippen LogP contribution >= 0.6 is 11.6 Å². The number of rotatable bonds is 5. The average molecular weight is 228 g/mol. The summed E-state index contributed by atoms with van der Waals surface area (Å²) in [5, 5.41) is 13.2. The van der Waals surface area contributed by atoms with E-state index in [2.05, 4.69) is 12.2 Å². The quantitative estimate of drug-likeness (QED) is 0.758. The van der Waals surface area contributed by atoms with E-state index in [1.165, 1.54) is 11.1 Å². The monoisotopic (exact) mass is 227 g/mol. The van der Waals surface area contributed by atoms with Gasteiger partial charge in [0, 0.05) is 11.6 Å². The standard InChI is InChI=1S/C12H18ClNO/c1-9-7-12(13)4-3-11(9)8-14-6-5-10(2)15/h3-4,7,10,14-15H,5-6,8H2,1-2H3. The van der Waals surface area contributed by atoms with Crippen LogP contribution in [0.25, 0.3) is 0 Å². The maximum atomic E-state index is 9.08. The van der Waals surface area contributed by atoms with Crippen LogP contribution in [-0.4, -0.2) is 17.8 Å². The Balaban J connectivity index is 2.37.